The molecule has 106 valence electrons. The Balaban J connectivity index is 1.62. The van der Waals surface area contributed by atoms with Crippen LogP contribution in [0.3, 0.4) is 0 Å². The standard InChI is InChI=1S/C15H22BrNOS/c1-18-4-3-17-10-15(7-11-6-12(11)8-15)9-14-13(16)2-5-19-14/h2,5,11-12,17H,3-4,6-10H2,1H3. The van der Waals surface area contributed by atoms with E-state index >= 15 is 0 Å². The minimum atomic E-state index is 0.495. The summed E-state index contributed by atoms with van der Waals surface area (Å²) < 4.78 is 6.43. The quantitative estimate of drug-likeness (QED) is 0.762. The van der Waals surface area contributed by atoms with Gasteiger partial charge in [-0.2, -0.15) is 0 Å². The second-order valence-electron chi connectivity index (χ2n) is 6.20. The summed E-state index contributed by atoms with van der Waals surface area (Å²) in [6.45, 7) is 2.93. The first-order valence-electron chi connectivity index (χ1n) is 7.14. The van der Waals surface area contributed by atoms with Gasteiger partial charge in [0.25, 0.3) is 0 Å². The van der Waals surface area contributed by atoms with Crippen molar-refractivity contribution < 1.29 is 4.74 Å². The van der Waals surface area contributed by atoms with Crippen LogP contribution in [-0.2, 0) is 11.2 Å². The van der Waals surface area contributed by atoms with Gasteiger partial charge in [0.1, 0.15) is 0 Å². The van der Waals surface area contributed by atoms with Crippen molar-refractivity contribution in [3.8, 4) is 0 Å². The molecule has 1 heterocycles. The lowest BCUT2D eigenvalue weighted by molar-refractivity contribution is 0.186. The van der Waals surface area contributed by atoms with E-state index in [1.165, 1.54) is 35.0 Å². The summed E-state index contributed by atoms with van der Waals surface area (Å²) >= 11 is 5.58. The Morgan fingerprint density at radius 2 is 2.26 bits per heavy atom. The molecule has 2 unspecified atom stereocenters. The molecular formula is C15H22BrNOS. The fourth-order valence-corrected chi connectivity index (χ4v) is 5.34. The number of methoxy groups -OCH3 is 1. The van der Waals surface area contributed by atoms with Crippen LogP contribution in [0.15, 0.2) is 15.9 Å². The second-order valence-corrected chi connectivity index (χ2v) is 8.06. The maximum atomic E-state index is 5.13. The first-order valence-corrected chi connectivity index (χ1v) is 8.81. The topological polar surface area (TPSA) is 21.3 Å². The van der Waals surface area contributed by atoms with Crippen molar-refractivity contribution in [2.24, 2.45) is 17.3 Å². The first-order chi connectivity index (χ1) is 9.22. The number of nitrogens with one attached hydrogen (secondary N) is 1. The van der Waals surface area contributed by atoms with Crippen molar-refractivity contribution in [1.29, 1.82) is 0 Å². The zero-order valence-corrected chi connectivity index (χ0v) is 13.9. The first kappa shape index (κ1) is 14.1. The van der Waals surface area contributed by atoms with Gasteiger partial charge in [-0.25, -0.2) is 0 Å². The van der Waals surface area contributed by atoms with Crippen LogP contribution < -0.4 is 5.32 Å². The molecule has 2 aliphatic carbocycles. The van der Waals surface area contributed by atoms with E-state index in [0.717, 1.165) is 31.5 Å². The van der Waals surface area contributed by atoms with E-state index in [4.69, 9.17) is 4.74 Å². The van der Waals surface area contributed by atoms with E-state index in [0.29, 0.717) is 5.41 Å². The van der Waals surface area contributed by atoms with Crippen molar-refractivity contribution >= 4 is 27.3 Å². The lowest BCUT2D eigenvalue weighted by atomic mass is 9.79. The van der Waals surface area contributed by atoms with Crippen LogP contribution >= 0.6 is 27.3 Å². The van der Waals surface area contributed by atoms with Gasteiger partial charge >= 0.3 is 0 Å². The Bertz CT molecular complexity index is 424. The minimum absolute atomic E-state index is 0.495. The predicted molar refractivity (Wildman–Crippen MR) is 83.7 cm³/mol. The van der Waals surface area contributed by atoms with Crippen LogP contribution in [0.25, 0.3) is 0 Å². The summed E-state index contributed by atoms with van der Waals surface area (Å²) in [6.07, 6.45) is 5.56. The number of thiophene rings is 1. The number of halogens is 1. The lowest BCUT2D eigenvalue weighted by Gasteiger charge is -2.31. The summed E-state index contributed by atoms with van der Waals surface area (Å²) in [6, 6.07) is 2.18. The van der Waals surface area contributed by atoms with Crippen molar-refractivity contribution in [3.05, 3.63) is 20.8 Å². The van der Waals surface area contributed by atoms with Crippen LogP contribution in [0.4, 0.5) is 0 Å². The highest BCUT2D eigenvalue weighted by Crippen LogP contribution is 2.61. The molecule has 1 N–H and O–H groups in total. The van der Waals surface area contributed by atoms with E-state index in [2.05, 4.69) is 32.7 Å². The fraction of sp³-hybridized carbons (Fsp3) is 0.733. The summed E-state index contributed by atoms with van der Waals surface area (Å²) in [7, 11) is 1.77. The monoisotopic (exact) mass is 343 g/mol. The van der Waals surface area contributed by atoms with Gasteiger partial charge in [-0.15, -0.1) is 11.3 Å². The third-order valence-corrected chi connectivity index (χ3v) is 6.60. The Hall–Kier alpha value is 0.100. The predicted octanol–water partition coefficient (Wildman–Crippen LogP) is 3.71. The van der Waals surface area contributed by atoms with E-state index in [9.17, 15) is 0 Å². The second kappa shape index (κ2) is 5.84. The lowest BCUT2D eigenvalue weighted by Crippen LogP contribution is -2.36. The molecular weight excluding hydrogens is 322 g/mol. The molecule has 1 aromatic rings. The molecule has 4 heteroatoms. The Kier molecular flexibility index (Phi) is 4.32. The molecule has 2 saturated carbocycles. The molecule has 2 aliphatic rings. The minimum Gasteiger partial charge on any atom is -0.383 e. The van der Waals surface area contributed by atoms with E-state index in [1.807, 2.05) is 11.3 Å². The van der Waals surface area contributed by atoms with Gasteiger partial charge in [-0.05, 0) is 70.3 Å². The van der Waals surface area contributed by atoms with Crippen molar-refractivity contribution in [2.75, 3.05) is 26.8 Å². The third-order valence-electron chi connectivity index (χ3n) is 4.67. The Morgan fingerprint density at radius 3 is 2.89 bits per heavy atom. The van der Waals surface area contributed by atoms with Gasteiger partial charge in [0.2, 0.25) is 0 Å². The maximum Gasteiger partial charge on any atom is 0.0587 e. The van der Waals surface area contributed by atoms with Crippen LogP contribution in [0.2, 0.25) is 0 Å². The highest BCUT2D eigenvalue weighted by Gasteiger charge is 2.53. The van der Waals surface area contributed by atoms with Crippen LogP contribution in [0.1, 0.15) is 24.1 Å². The average molecular weight is 344 g/mol. The molecule has 0 bridgehead atoms. The molecule has 0 amide bonds. The van der Waals surface area contributed by atoms with Gasteiger partial charge in [-0.1, -0.05) is 0 Å². The fourth-order valence-electron chi connectivity index (χ4n) is 3.68. The summed E-state index contributed by atoms with van der Waals surface area (Å²) in [5.74, 6) is 2.06. The zero-order valence-electron chi connectivity index (χ0n) is 11.5. The number of hydrogen-bond acceptors (Lipinski definition) is 3. The molecule has 0 radical (unpaired) electrons. The van der Waals surface area contributed by atoms with Crippen LogP contribution in [0, 0.1) is 17.3 Å². The highest BCUT2D eigenvalue weighted by molar-refractivity contribution is 9.10. The average Bonchev–Trinajstić information content (AvgIpc) is 2.81. The molecule has 0 aliphatic heterocycles. The van der Waals surface area contributed by atoms with Crippen LogP contribution in [-0.4, -0.2) is 26.8 Å². The van der Waals surface area contributed by atoms with Crippen molar-refractivity contribution in [2.45, 2.75) is 25.7 Å². The smallest absolute Gasteiger partial charge is 0.0587 e. The van der Waals surface area contributed by atoms with Gasteiger partial charge in [0, 0.05) is 29.5 Å². The normalized spacial score (nSPS) is 32.5. The van der Waals surface area contributed by atoms with E-state index in [-0.39, 0.29) is 0 Å². The Labute approximate surface area is 128 Å². The number of ether oxygens (including phenoxy) is 1. The summed E-state index contributed by atoms with van der Waals surface area (Å²) in [5, 5.41) is 5.80. The Morgan fingerprint density at radius 1 is 1.47 bits per heavy atom. The number of hydrogen-bond donors (Lipinski definition) is 1. The van der Waals surface area contributed by atoms with E-state index in [1.54, 1.807) is 7.11 Å². The summed E-state index contributed by atoms with van der Waals surface area (Å²) in [5.41, 5.74) is 0.495. The van der Waals surface area contributed by atoms with Crippen molar-refractivity contribution in [1.82, 2.24) is 5.32 Å². The molecule has 2 nitrogen and oxygen atoms in total. The molecule has 2 fully saturated rings. The SMILES string of the molecule is COCCNCC1(Cc2sccc2Br)CC2CC2C1. The molecule has 19 heavy (non-hydrogen) atoms. The highest BCUT2D eigenvalue weighted by atomic mass is 79.9. The molecule has 2 atom stereocenters. The van der Waals surface area contributed by atoms with Gasteiger partial charge < -0.3 is 10.1 Å². The van der Waals surface area contributed by atoms with E-state index < -0.39 is 0 Å². The van der Waals surface area contributed by atoms with Crippen molar-refractivity contribution in [3.63, 3.8) is 0 Å². The molecule has 0 saturated heterocycles. The largest absolute Gasteiger partial charge is 0.383 e. The van der Waals surface area contributed by atoms with Gasteiger partial charge in [-0.3, -0.25) is 0 Å². The molecule has 0 spiro atoms. The number of rotatable bonds is 7. The number of fused-ring (bicyclic) bond motifs is 1. The molecule has 1 aromatic heterocycles. The molecule has 3 rings (SSSR count). The third kappa shape index (κ3) is 3.23. The molecule has 0 aromatic carbocycles. The maximum absolute atomic E-state index is 5.13. The zero-order chi connectivity index (χ0) is 13.3. The van der Waals surface area contributed by atoms with Crippen LogP contribution in [0.5, 0.6) is 0 Å². The van der Waals surface area contributed by atoms with Gasteiger partial charge in [0.05, 0.1) is 6.61 Å². The van der Waals surface area contributed by atoms with Gasteiger partial charge in [0.15, 0.2) is 0 Å². The summed E-state index contributed by atoms with van der Waals surface area (Å²) in [4.78, 5) is 1.52.